The summed E-state index contributed by atoms with van der Waals surface area (Å²) < 4.78 is 0. The van der Waals surface area contributed by atoms with Gasteiger partial charge >= 0.3 is 0 Å². The molecule has 110 valence electrons. The fourth-order valence-electron chi connectivity index (χ4n) is 2.52. The molecule has 0 aliphatic carbocycles. The lowest BCUT2D eigenvalue weighted by molar-refractivity contribution is 0.125. The minimum Gasteiger partial charge on any atom is -0.376 e. The van der Waals surface area contributed by atoms with Crippen LogP contribution in [0.2, 0.25) is 10.0 Å². The van der Waals surface area contributed by atoms with Gasteiger partial charge in [0, 0.05) is 33.6 Å². The zero-order valence-corrected chi connectivity index (χ0v) is 13.1. The van der Waals surface area contributed by atoms with Crippen LogP contribution in [0.1, 0.15) is 16.7 Å². The summed E-state index contributed by atoms with van der Waals surface area (Å²) in [5.74, 6) is 0. The van der Waals surface area contributed by atoms with Crippen molar-refractivity contribution in [2.75, 3.05) is 0 Å². The van der Waals surface area contributed by atoms with Crippen molar-refractivity contribution in [1.82, 2.24) is 4.98 Å². The highest BCUT2D eigenvalue weighted by atomic mass is 35.5. The van der Waals surface area contributed by atoms with Crippen LogP contribution in [0.25, 0.3) is 0 Å². The summed E-state index contributed by atoms with van der Waals surface area (Å²) in [5.41, 5.74) is 0.535. The van der Waals surface area contributed by atoms with E-state index in [9.17, 15) is 5.11 Å². The third-order valence-electron chi connectivity index (χ3n) is 3.59. The lowest BCUT2D eigenvalue weighted by Crippen LogP contribution is -2.29. The van der Waals surface area contributed by atoms with Crippen molar-refractivity contribution in [2.45, 2.75) is 5.60 Å². The fraction of sp³-hybridized carbons (Fsp3) is 0.0556. The van der Waals surface area contributed by atoms with Gasteiger partial charge in [-0.3, -0.25) is 4.98 Å². The quantitative estimate of drug-likeness (QED) is 0.757. The minimum atomic E-state index is -1.39. The van der Waals surface area contributed by atoms with E-state index in [1.54, 1.807) is 36.7 Å². The minimum absolute atomic E-state index is 0.405. The maximum atomic E-state index is 11.5. The number of benzene rings is 2. The normalized spacial score (nSPS) is 13.6. The van der Waals surface area contributed by atoms with E-state index in [-0.39, 0.29) is 0 Å². The Balaban J connectivity index is 2.28. The van der Waals surface area contributed by atoms with Gasteiger partial charge in [0.15, 0.2) is 0 Å². The summed E-state index contributed by atoms with van der Waals surface area (Å²) in [7, 11) is 0. The van der Waals surface area contributed by atoms with Crippen molar-refractivity contribution < 1.29 is 5.11 Å². The van der Waals surface area contributed by atoms with Crippen molar-refractivity contribution in [1.29, 1.82) is 0 Å². The summed E-state index contributed by atoms with van der Waals surface area (Å²) >= 11 is 12.3. The number of pyridine rings is 1. The van der Waals surface area contributed by atoms with Gasteiger partial charge in [0.1, 0.15) is 5.60 Å². The van der Waals surface area contributed by atoms with Crippen LogP contribution in [-0.4, -0.2) is 10.1 Å². The molecule has 1 N–H and O–H groups in total. The second kappa shape index (κ2) is 6.09. The molecule has 1 aromatic heterocycles. The monoisotopic (exact) mass is 329 g/mol. The van der Waals surface area contributed by atoms with Gasteiger partial charge in [0.25, 0.3) is 0 Å². The van der Waals surface area contributed by atoms with Crippen LogP contribution < -0.4 is 0 Å². The second-order valence-electron chi connectivity index (χ2n) is 4.94. The zero-order valence-electron chi connectivity index (χ0n) is 11.6. The van der Waals surface area contributed by atoms with E-state index in [0.717, 1.165) is 0 Å². The van der Waals surface area contributed by atoms with Crippen molar-refractivity contribution in [2.24, 2.45) is 0 Å². The van der Waals surface area contributed by atoms with Gasteiger partial charge in [-0.1, -0.05) is 65.7 Å². The molecule has 2 aromatic carbocycles. The molecule has 0 bridgehead atoms. The highest BCUT2D eigenvalue weighted by molar-refractivity contribution is 6.35. The Morgan fingerprint density at radius 2 is 1.59 bits per heavy atom. The van der Waals surface area contributed by atoms with Gasteiger partial charge in [0.05, 0.1) is 0 Å². The fourth-order valence-corrected chi connectivity index (χ4v) is 3.06. The van der Waals surface area contributed by atoms with Gasteiger partial charge in [-0.05, 0) is 23.8 Å². The number of aromatic nitrogens is 1. The van der Waals surface area contributed by atoms with Crippen LogP contribution in [0.4, 0.5) is 0 Å². The molecule has 22 heavy (non-hydrogen) atoms. The Kier molecular flexibility index (Phi) is 4.16. The summed E-state index contributed by atoms with van der Waals surface area (Å²) in [5, 5.41) is 12.5. The van der Waals surface area contributed by atoms with Crippen LogP contribution in [0.15, 0.2) is 73.1 Å². The first-order chi connectivity index (χ1) is 10.6. The number of aliphatic hydroxyl groups is 1. The van der Waals surface area contributed by atoms with Gasteiger partial charge in [-0.25, -0.2) is 0 Å². The molecule has 2 nitrogen and oxygen atoms in total. The third-order valence-corrected chi connectivity index (χ3v) is 4.14. The highest BCUT2D eigenvalue weighted by Gasteiger charge is 2.35. The summed E-state index contributed by atoms with van der Waals surface area (Å²) in [4.78, 5) is 4.12. The molecule has 3 rings (SSSR count). The molecule has 0 spiro atoms. The number of hydrogen-bond donors (Lipinski definition) is 1. The molecular weight excluding hydrogens is 317 g/mol. The van der Waals surface area contributed by atoms with E-state index in [0.29, 0.717) is 26.7 Å². The zero-order chi connectivity index (χ0) is 15.6. The largest absolute Gasteiger partial charge is 0.376 e. The van der Waals surface area contributed by atoms with Crippen molar-refractivity contribution >= 4 is 23.2 Å². The number of halogens is 2. The molecule has 3 aromatic rings. The first kappa shape index (κ1) is 15.0. The highest BCUT2D eigenvalue weighted by Crippen LogP contribution is 2.40. The Morgan fingerprint density at radius 3 is 2.23 bits per heavy atom. The Morgan fingerprint density at radius 1 is 0.864 bits per heavy atom. The summed E-state index contributed by atoms with van der Waals surface area (Å²) in [6, 6.07) is 18.1. The molecule has 0 saturated carbocycles. The van der Waals surface area contributed by atoms with Gasteiger partial charge < -0.3 is 5.11 Å². The molecule has 0 aliphatic rings. The van der Waals surface area contributed by atoms with E-state index in [1.807, 2.05) is 36.4 Å². The molecule has 4 heteroatoms. The van der Waals surface area contributed by atoms with E-state index in [1.165, 1.54) is 0 Å². The predicted molar refractivity (Wildman–Crippen MR) is 89.2 cm³/mol. The maximum Gasteiger partial charge on any atom is 0.143 e. The van der Waals surface area contributed by atoms with Crippen LogP contribution in [-0.2, 0) is 5.60 Å². The molecule has 0 saturated heterocycles. The topological polar surface area (TPSA) is 33.1 Å². The average molecular weight is 330 g/mol. The lowest BCUT2D eigenvalue weighted by Gasteiger charge is -2.30. The van der Waals surface area contributed by atoms with E-state index in [2.05, 4.69) is 4.98 Å². The summed E-state index contributed by atoms with van der Waals surface area (Å²) in [6.45, 7) is 0. The molecule has 0 radical (unpaired) electrons. The van der Waals surface area contributed by atoms with Crippen molar-refractivity contribution in [3.05, 3.63) is 99.8 Å². The van der Waals surface area contributed by atoms with Gasteiger partial charge in [-0.15, -0.1) is 0 Å². The number of hydrogen-bond acceptors (Lipinski definition) is 2. The number of nitrogens with zero attached hydrogens (tertiary/aromatic N) is 1. The molecule has 0 amide bonds. The van der Waals surface area contributed by atoms with Crippen molar-refractivity contribution in [3.63, 3.8) is 0 Å². The number of rotatable bonds is 3. The molecule has 0 aliphatic heterocycles. The third kappa shape index (κ3) is 2.61. The molecule has 0 fully saturated rings. The Labute approximate surface area is 139 Å². The maximum absolute atomic E-state index is 11.5. The van der Waals surface area contributed by atoms with Crippen LogP contribution in [0.3, 0.4) is 0 Å². The summed E-state index contributed by atoms with van der Waals surface area (Å²) in [6.07, 6.45) is 3.30. The van der Waals surface area contributed by atoms with Crippen LogP contribution >= 0.6 is 23.2 Å². The Bertz CT molecular complexity index is 736. The lowest BCUT2D eigenvalue weighted by atomic mass is 9.81. The molecule has 1 unspecified atom stereocenters. The van der Waals surface area contributed by atoms with Crippen molar-refractivity contribution in [3.8, 4) is 0 Å². The van der Waals surface area contributed by atoms with E-state index >= 15 is 0 Å². The molecule has 1 atom stereocenters. The first-order valence-electron chi connectivity index (χ1n) is 6.76. The van der Waals surface area contributed by atoms with E-state index in [4.69, 9.17) is 23.2 Å². The SMILES string of the molecule is OC(c1ccccc1)(c1cccnc1)c1ccc(Cl)cc1Cl. The molecule has 1 heterocycles. The van der Waals surface area contributed by atoms with Crippen LogP contribution in [0.5, 0.6) is 0 Å². The standard InChI is InChI=1S/C18H13Cl2NO/c19-15-8-9-16(17(20)11-15)18(22,13-5-2-1-3-6-13)14-7-4-10-21-12-14/h1-12,22H. The smallest absolute Gasteiger partial charge is 0.143 e. The Hall–Kier alpha value is -1.87. The molecular formula is C18H13Cl2NO. The first-order valence-corrected chi connectivity index (χ1v) is 7.52. The second-order valence-corrected chi connectivity index (χ2v) is 5.79. The average Bonchev–Trinajstić information content (AvgIpc) is 2.56. The van der Waals surface area contributed by atoms with Crippen LogP contribution in [0, 0.1) is 0 Å². The van der Waals surface area contributed by atoms with Gasteiger partial charge in [0.2, 0.25) is 0 Å². The van der Waals surface area contributed by atoms with Gasteiger partial charge in [-0.2, -0.15) is 0 Å². The van der Waals surface area contributed by atoms with E-state index < -0.39 is 5.60 Å². The predicted octanol–water partition coefficient (Wildman–Crippen LogP) is 4.67.